The van der Waals surface area contributed by atoms with Gasteiger partial charge in [0.1, 0.15) is 0 Å². The van der Waals surface area contributed by atoms with Gasteiger partial charge in [0.2, 0.25) is 0 Å². The standard InChI is InChI=1S/C9H17NO5/c1-3-6(12)8(14)5-9(15)7(13)4(2-11)10(3)5/h3-9,11-15H,2H2,1H3/t3-,4+,5-,6+,7+,8+,9-/m0/s1. The zero-order chi connectivity index (χ0) is 11.3. The van der Waals surface area contributed by atoms with Crippen molar-refractivity contribution in [2.24, 2.45) is 0 Å². The van der Waals surface area contributed by atoms with E-state index < -0.39 is 36.5 Å². The molecule has 0 amide bonds. The molecule has 0 saturated carbocycles. The first kappa shape index (κ1) is 11.3. The van der Waals surface area contributed by atoms with Crippen molar-refractivity contribution in [2.45, 2.75) is 49.5 Å². The van der Waals surface area contributed by atoms with E-state index in [1.807, 2.05) is 0 Å². The van der Waals surface area contributed by atoms with Crippen LogP contribution in [0.2, 0.25) is 0 Å². The number of hydrogen-bond donors (Lipinski definition) is 5. The summed E-state index contributed by atoms with van der Waals surface area (Å²) in [6, 6.07) is -1.69. The first-order chi connectivity index (χ1) is 7.00. The van der Waals surface area contributed by atoms with Gasteiger partial charge in [-0.05, 0) is 6.92 Å². The Bertz CT molecular complexity index is 251. The summed E-state index contributed by atoms with van der Waals surface area (Å²) < 4.78 is 0. The van der Waals surface area contributed by atoms with Crippen molar-refractivity contribution in [3.05, 3.63) is 0 Å². The molecular formula is C9H17NO5. The lowest BCUT2D eigenvalue weighted by Crippen LogP contribution is -2.45. The Morgan fingerprint density at radius 1 is 0.933 bits per heavy atom. The highest BCUT2D eigenvalue weighted by atomic mass is 16.4. The number of rotatable bonds is 1. The van der Waals surface area contributed by atoms with Crippen LogP contribution in [-0.2, 0) is 0 Å². The van der Waals surface area contributed by atoms with Gasteiger partial charge in [-0.3, -0.25) is 4.90 Å². The molecule has 0 aromatic heterocycles. The van der Waals surface area contributed by atoms with Crippen LogP contribution in [-0.4, -0.2) is 79.6 Å². The third kappa shape index (κ3) is 1.33. The fourth-order valence-corrected chi connectivity index (χ4v) is 2.82. The Hall–Kier alpha value is -0.240. The molecule has 15 heavy (non-hydrogen) atoms. The first-order valence-corrected chi connectivity index (χ1v) is 5.11. The van der Waals surface area contributed by atoms with Crippen molar-refractivity contribution in [3.63, 3.8) is 0 Å². The molecule has 6 heteroatoms. The molecule has 0 spiro atoms. The largest absolute Gasteiger partial charge is 0.395 e. The minimum Gasteiger partial charge on any atom is -0.395 e. The van der Waals surface area contributed by atoms with Crippen molar-refractivity contribution in [2.75, 3.05) is 6.61 Å². The first-order valence-electron chi connectivity index (χ1n) is 5.11. The minimum atomic E-state index is -1.13. The normalized spacial score (nSPS) is 56.0. The number of aliphatic hydroxyl groups excluding tert-OH is 5. The second kappa shape index (κ2) is 3.65. The van der Waals surface area contributed by atoms with Gasteiger partial charge in [-0.15, -0.1) is 0 Å². The van der Waals surface area contributed by atoms with E-state index in [1.165, 1.54) is 0 Å². The van der Waals surface area contributed by atoms with E-state index in [0.29, 0.717) is 0 Å². The van der Waals surface area contributed by atoms with E-state index in [2.05, 4.69) is 0 Å². The Kier molecular flexibility index (Phi) is 2.74. The third-order valence-electron chi connectivity index (χ3n) is 3.67. The van der Waals surface area contributed by atoms with Gasteiger partial charge in [0.15, 0.2) is 0 Å². The molecule has 7 atom stereocenters. The van der Waals surface area contributed by atoms with Crippen LogP contribution < -0.4 is 0 Å². The number of nitrogens with zero attached hydrogens (tertiary/aromatic N) is 1. The molecule has 2 fully saturated rings. The fourth-order valence-electron chi connectivity index (χ4n) is 2.82. The summed E-state index contributed by atoms with van der Waals surface area (Å²) in [7, 11) is 0. The summed E-state index contributed by atoms with van der Waals surface area (Å²) in [4.78, 5) is 1.60. The summed E-state index contributed by atoms with van der Waals surface area (Å²) in [5, 5.41) is 47.8. The van der Waals surface area contributed by atoms with E-state index in [0.717, 1.165) is 0 Å². The smallest absolute Gasteiger partial charge is 0.0996 e. The maximum Gasteiger partial charge on any atom is 0.0996 e. The second-order valence-corrected chi connectivity index (χ2v) is 4.39. The molecule has 0 aliphatic carbocycles. The van der Waals surface area contributed by atoms with Crippen LogP contribution in [0.1, 0.15) is 6.92 Å². The Balaban J connectivity index is 2.29. The number of aliphatic hydroxyl groups is 5. The summed E-state index contributed by atoms with van der Waals surface area (Å²) in [5.74, 6) is 0. The summed E-state index contributed by atoms with van der Waals surface area (Å²) in [6.45, 7) is 1.39. The molecule has 0 bridgehead atoms. The highest BCUT2D eigenvalue weighted by Crippen LogP contribution is 2.37. The lowest BCUT2D eigenvalue weighted by molar-refractivity contribution is -0.0321. The molecule has 0 radical (unpaired) electrons. The van der Waals surface area contributed by atoms with Gasteiger partial charge < -0.3 is 25.5 Å². The maximum absolute atomic E-state index is 9.70. The number of fused-ring (bicyclic) bond motifs is 1. The van der Waals surface area contributed by atoms with Gasteiger partial charge in [-0.1, -0.05) is 0 Å². The lowest BCUT2D eigenvalue weighted by Gasteiger charge is -2.27. The average molecular weight is 219 g/mol. The van der Waals surface area contributed by atoms with Crippen LogP contribution in [0.25, 0.3) is 0 Å². The molecule has 0 unspecified atom stereocenters. The third-order valence-corrected chi connectivity index (χ3v) is 3.67. The average Bonchev–Trinajstić information content (AvgIpc) is 2.59. The second-order valence-electron chi connectivity index (χ2n) is 4.39. The Morgan fingerprint density at radius 2 is 1.47 bits per heavy atom. The van der Waals surface area contributed by atoms with E-state index in [9.17, 15) is 20.4 Å². The van der Waals surface area contributed by atoms with E-state index >= 15 is 0 Å². The molecule has 0 aromatic carbocycles. The van der Waals surface area contributed by atoms with Crippen LogP contribution in [0.5, 0.6) is 0 Å². The van der Waals surface area contributed by atoms with Gasteiger partial charge in [0, 0.05) is 6.04 Å². The van der Waals surface area contributed by atoms with Crippen molar-refractivity contribution < 1.29 is 25.5 Å². The highest BCUT2D eigenvalue weighted by Gasteiger charge is 2.59. The van der Waals surface area contributed by atoms with Gasteiger partial charge in [0.25, 0.3) is 0 Å². The van der Waals surface area contributed by atoms with Crippen LogP contribution in [0.3, 0.4) is 0 Å². The fraction of sp³-hybridized carbons (Fsp3) is 1.00. The molecule has 2 aliphatic heterocycles. The van der Waals surface area contributed by atoms with Crippen LogP contribution in [0, 0.1) is 0 Å². The SMILES string of the molecule is C[C@H]1[C@@H](O)[C@H](O)[C@H]2[C@H](O)[C@H](O)[C@@H](CO)N21. The van der Waals surface area contributed by atoms with Gasteiger partial charge >= 0.3 is 0 Å². The minimum absolute atomic E-state index is 0.307. The van der Waals surface area contributed by atoms with E-state index in [4.69, 9.17) is 5.11 Å². The zero-order valence-corrected chi connectivity index (χ0v) is 8.43. The monoisotopic (exact) mass is 219 g/mol. The van der Waals surface area contributed by atoms with E-state index in [1.54, 1.807) is 11.8 Å². The van der Waals surface area contributed by atoms with Crippen molar-refractivity contribution in [1.82, 2.24) is 4.90 Å². The molecule has 0 aromatic rings. The number of hydrogen-bond acceptors (Lipinski definition) is 6. The maximum atomic E-state index is 9.70. The molecule has 2 aliphatic rings. The molecule has 2 rings (SSSR count). The molecule has 2 saturated heterocycles. The quantitative estimate of drug-likeness (QED) is 0.319. The van der Waals surface area contributed by atoms with Crippen LogP contribution >= 0.6 is 0 Å². The van der Waals surface area contributed by atoms with Crippen molar-refractivity contribution >= 4 is 0 Å². The molecule has 6 nitrogen and oxygen atoms in total. The summed E-state index contributed by atoms with van der Waals surface area (Å²) in [6.07, 6.45) is -4.24. The molecule has 5 N–H and O–H groups in total. The Morgan fingerprint density at radius 3 is 2.00 bits per heavy atom. The van der Waals surface area contributed by atoms with Crippen molar-refractivity contribution in [3.8, 4) is 0 Å². The van der Waals surface area contributed by atoms with Gasteiger partial charge in [0.05, 0.1) is 43.1 Å². The van der Waals surface area contributed by atoms with Crippen molar-refractivity contribution in [1.29, 1.82) is 0 Å². The van der Waals surface area contributed by atoms with E-state index in [-0.39, 0.29) is 12.6 Å². The highest BCUT2D eigenvalue weighted by molar-refractivity contribution is 5.12. The van der Waals surface area contributed by atoms with Crippen LogP contribution in [0.4, 0.5) is 0 Å². The van der Waals surface area contributed by atoms with Gasteiger partial charge in [-0.2, -0.15) is 0 Å². The zero-order valence-electron chi connectivity index (χ0n) is 8.43. The predicted molar refractivity (Wildman–Crippen MR) is 50.0 cm³/mol. The van der Waals surface area contributed by atoms with Crippen LogP contribution in [0.15, 0.2) is 0 Å². The molecule has 88 valence electrons. The Labute approximate surface area is 87.4 Å². The molecular weight excluding hydrogens is 202 g/mol. The van der Waals surface area contributed by atoms with Gasteiger partial charge in [-0.25, -0.2) is 0 Å². The topological polar surface area (TPSA) is 104 Å². The summed E-state index contributed by atoms with van der Waals surface area (Å²) in [5.41, 5.74) is 0. The molecule has 2 heterocycles. The lowest BCUT2D eigenvalue weighted by atomic mass is 10.00. The summed E-state index contributed by atoms with van der Waals surface area (Å²) >= 11 is 0. The predicted octanol–water partition coefficient (Wildman–Crippen LogP) is -3.12.